The molecule has 0 saturated heterocycles. The quantitative estimate of drug-likeness (QED) is 0.304. The number of ketones is 2. The van der Waals surface area contributed by atoms with Crippen LogP contribution in [0.25, 0.3) is 0 Å². The number of rotatable bonds is 5. The highest BCUT2D eigenvalue weighted by Gasteiger charge is 2.56. The number of hydrogen-bond donors (Lipinski definition) is 0. The van der Waals surface area contributed by atoms with E-state index in [0.29, 0.717) is 12.8 Å². The molecule has 10 nitrogen and oxygen atoms in total. The number of carbonyl (C=O) groups is 3. The number of hydrogen-bond acceptors (Lipinski definition) is 8. The van der Waals surface area contributed by atoms with E-state index in [1.165, 1.54) is 0 Å². The molecule has 0 N–H and O–H groups in total. The molecule has 3 unspecified atom stereocenters. The first kappa shape index (κ1) is 19.6. The maximum Gasteiger partial charge on any atom is 0.399 e. The molecule has 2 aliphatic carbocycles. The summed E-state index contributed by atoms with van der Waals surface area (Å²) in [5, 5.41) is 14.7. The molecule has 148 valence electrons. The Morgan fingerprint density at radius 2 is 1.96 bits per heavy atom. The molecule has 3 rings (SSSR count). The average Bonchev–Trinajstić information content (AvgIpc) is 2.91. The third kappa shape index (κ3) is 3.75. The maximum absolute atomic E-state index is 12.5. The van der Waals surface area contributed by atoms with Crippen molar-refractivity contribution < 1.29 is 28.7 Å². The normalized spacial score (nSPS) is 25.5. The molecule has 3 atom stereocenters. The first-order valence-electron chi connectivity index (χ1n) is 8.95. The summed E-state index contributed by atoms with van der Waals surface area (Å²) in [6.07, 6.45) is 4.52. The number of pyridine rings is 1. The number of fused-ring (bicyclic) bond motifs is 1. The van der Waals surface area contributed by atoms with Crippen LogP contribution in [-0.2, 0) is 25.8 Å². The minimum Gasteiger partial charge on any atom is -0.377 e. The molecule has 0 bridgehead atoms. The second-order valence-corrected chi connectivity index (χ2v) is 7.17. The van der Waals surface area contributed by atoms with Gasteiger partial charge in [-0.25, -0.2) is 4.79 Å². The van der Waals surface area contributed by atoms with Crippen molar-refractivity contribution >= 4 is 28.9 Å². The largest absolute Gasteiger partial charge is 0.399 e. The van der Waals surface area contributed by atoms with Crippen molar-refractivity contribution in [2.75, 3.05) is 19.0 Å². The van der Waals surface area contributed by atoms with Gasteiger partial charge in [-0.05, 0) is 12.8 Å². The lowest BCUT2D eigenvalue weighted by molar-refractivity contribution is -0.685. The van der Waals surface area contributed by atoms with Gasteiger partial charge in [-0.15, -0.1) is 0 Å². The van der Waals surface area contributed by atoms with Gasteiger partial charge in [-0.2, -0.15) is 4.57 Å². The van der Waals surface area contributed by atoms with E-state index in [2.05, 4.69) is 5.16 Å². The topological polar surface area (TPSA) is 123 Å². The fourth-order valence-electron chi connectivity index (χ4n) is 3.73. The van der Waals surface area contributed by atoms with Crippen LogP contribution in [-0.4, -0.2) is 48.3 Å². The molecule has 1 aromatic rings. The summed E-state index contributed by atoms with van der Waals surface area (Å²) in [5.74, 6) is -3.79. The fourth-order valence-corrected chi connectivity index (χ4v) is 3.73. The molecule has 10 heteroatoms. The summed E-state index contributed by atoms with van der Waals surface area (Å²) >= 11 is 0. The third-order valence-corrected chi connectivity index (χ3v) is 5.18. The van der Waals surface area contributed by atoms with Gasteiger partial charge in [-0.1, -0.05) is 5.16 Å². The number of aromatic nitrogens is 1. The van der Waals surface area contributed by atoms with Gasteiger partial charge in [0.15, 0.2) is 29.7 Å². The number of nitro groups is 1. The van der Waals surface area contributed by atoms with Crippen LogP contribution >= 0.6 is 0 Å². The van der Waals surface area contributed by atoms with E-state index in [4.69, 9.17) is 4.84 Å². The minimum absolute atomic E-state index is 0.156. The van der Waals surface area contributed by atoms with Crippen LogP contribution in [0.5, 0.6) is 0 Å². The number of nitrogens with zero attached hydrogens (tertiary/aromatic N) is 4. The van der Waals surface area contributed by atoms with Gasteiger partial charge in [-0.3, -0.25) is 19.7 Å². The lowest BCUT2D eigenvalue weighted by Crippen LogP contribution is -2.39. The highest BCUT2D eigenvalue weighted by molar-refractivity contribution is 6.70. The fraction of sp³-hybridized carbons (Fsp3) is 0.500. The smallest absolute Gasteiger partial charge is 0.377 e. The summed E-state index contributed by atoms with van der Waals surface area (Å²) in [5.41, 5.74) is 0.458. The van der Waals surface area contributed by atoms with Gasteiger partial charge in [0.25, 0.3) is 0 Å². The van der Waals surface area contributed by atoms with Crippen LogP contribution in [0, 0.1) is 22.0 Å². The van der Waals surface area contributed by atoms with Crippen molar-refractivity contribution in [2.24, 2.45) is 17.0 Å². The van der Waals surface area contributed by atoms with Crippen molar-refractivity contribution in [2.45, 2.75) is 31.8 Å². The highest BCUT2D eigenvalue weighted by Crippen LogP contribution is 2.38. The van der Waals surface area contributed by atoms with Gasteiger partial charge in [0.1, 0.15) is 5.92 Å². The Morgan fingerprint density at radius 3 is 2.57 bits per heavy atom. The van der Waals surface area contributed by atoms with E-state index in [9.17, 15) is 24.5 Å². The van der Waals surface area contributed by atoms with E-state index in [1.807, 2.05) is 31.1 Å². The Balaban J connectivity index is 1.68. The lowest BCUT2D eigenvalue weighted by Gasteiger charge is -2.24. The van der Waals surface area contributed by atoms with Gasteiger partial charge in [0.05, 0.1) is 0 Å². The number of Topliss-reactive ketones (excluding diaryl/α,β-unsaturated/α-hetero) is 2. The second kappa shape index (κ2) is 7.83. The average molecular weight is 389 g/mol. The summed E-state index contributed by atoms with van der Waals surface area (Å²) in [6, 6.07) is 2.53. The minimum atomic E-state index is -1.09. The Morgan fingerprint density at radius 1 is 1.29 bits per heavy atom. The Kier molecular flexibility index (Phi) is 5.48. The second-order valence-electron chi connectivity index (χ2n) is 7.17. The standard InChI is InChI=1S/C18H21N4O6/c1-20(2)11-6-8-21(9-7-11)10-14(23)28-19-16-17(24)12-4-3-5-13(22(26)27)15(12)18(16)25/h6-9,12-13,15H,3-5,10H2,1-2H3/q+1/b19-16+. The predicted octanol–water partition coefficient (Wildman–Crippen LogP) is 0.153. The van der Waals surface area contributed by atoms with Crippen molar-refractivity contribution in [3.8, 4) is 0 Å². The van der Waals surface area contributed by atoms with E-state index in [0.717, 1.165) is 5.69 Å². The molecule has 2 aliphatic rings. The third-order valence-electron chi connectivity index (χ3n) is 5.18. The maximum atomic E-state index is 12.5. The molecule has 0 aliphatic heterocycles. The summed E-state index contributed by atoms with van der Waals surface area (Å²) in [4.78, 5) is 54.2. The van der Waals surface area contributed by atoms with Crippen LogP contribution in [0.15, 0.2) is 29.7 Å². The zero-order valence-electron chi connectivity index (χ0n) is 15.6. The molecular formula is C18H21N4O6+. The van der Waals surface area contributed by atoms with Gasteiger partial charge < -0.3 is 9.74 Å². The van der Waals surface area contributed by atoms with Crippen molar-refractivity contribution in [3.63, 3.8) is 0 Å². The lowest BCUT2D eigenvalue weighted by atomic mass is 9.77. The Hall–Kier alpha value is -3.17. The molecule has 0 amide bonds. The molecule has 28 heavy (non-hydrogen) atoms. The van der Waals surface area contributed by atoms with Crippen LogP contribution in [0.4, 0.5) is 5.69 Å². The molecule has 0 spiro atoms. The monoisotopic (exact) mass is 389 g/mol. The highest BCUT2D eigenvalue weighted by atomic mass is 16.7. The van der Waals surface area contributed by atoms with Crippen LogP contribution < -0.4 is 9.47 Å². The number of carbonyl (C=O) groups excluding carboxylic acids is 3. The van der Waals surface area contributed by atoms with Crippen molar-refractivity contribution in [1.29, 1.82) is 0 Å². The predicted molar refractivity (Wildman–Crippen MR) is 96.1 cm³/mol. The molecule has 2 fully saturated rings. The Labute approximate surface area is 160 Å². The first-order chi connectivity index (χ1) is 13.3. The van der Waals surface area contributed by atoms with Gasteiger partial charge in [0, 0.05) is 49.2 Å². The zero-order chi connectivity index (χ0) is 20.4. The number of oxime groups is 1. The van der Waals surface area contributed by atoms with Gasteiger partial charge >= 0.3 is 5.97 Å². The van der Waals surface area contributed by atoms with E-state index in [-0.39, 0.29) is 13.0 Å². The molecule has 2 saturated carbocycles. The van der Waals surface area contributed by atoms with Gasteiger partial charge in [0.2, 0.25) is 12.6 Å². The van der Waals surface area contributed by atoms with Crippen molar-refractivity contribution in [1.82, 2.24) is 0 Å². The molecule has 0 aromatic carbocycles. The van der Waals surface area contributed by atoms with Crippen LogP contribution in [0.1, 0.15) is 19.3 Å². The van der Waals surface area contributed by atoms with Crippen LogP contribution in [0.3, 0.4) is 0 Å². The number of anilines is 1. The van der Waals surface area contributed by atoms with E-state index in [1.54, 1.807) is 17.0 Å². The molecular weight excluding hydrogens is 368 g/mol. The zero-order valence-corrected chi connectivity index (χ0v) is 15.6. The Bertz CT molecular complexity index is 848. The summed E-state index contributed by atoms with van der Waals surface area (Å²) in [7, 11) is 3.78. The van der Waals surface area contributed by atoms with Crippen molar-refractivity contribution in [3.05, 3.63) is 34.6 Å². The first-order valence-corrected chi connectivity index (χ1v) is 8.95. The SMILES string of the molecule is CN(C)c1cc[n+](CC(=O)O/N=C2\C(=O)C3CCCC([N+](=O)[O-])C3C2=O)cc1. The van der Waals surface area contributed by atoms with Crippen LogP contribution in [0.2, 0.25) is 0 Å². The summed E-state index contributed by atoms with van der Waals surface area (Å²) < 4.78 is 1.57. The summed E-state index contributed by atoms with van der Waals surface area (Å²) in [6.45, 7) is -0.156. The van der Waals surface area contributed by atoms with E-state index >= 15 is 0 Å². The molecule has 1 heterocycles. The molecule has 0 radical (unpaired) electrons. The molecule has 1 aromatic heterocycles. The van der Waals surface area contributed by atoms with E-state index < -0.39 is 46.0 Å².